The van der Waals surface area contributed by atoms with E-state index < -0.39 is 11.7 Å². The Kier molecular flexibility index (Phi) is 5.27. The maximum atomic E-state index is 13.2. The summed E-state index contributed by atoms with van der Waals surface area (Å²) in [5, 5.41) is 8.65. The van der Waals surface area contributed by atoms with Crippen molar-refractivity contribution >= 4 is 17.2 Å². The number of fused-ring (bicyclic) bond motifs is 1. The summed E-state index contributed by atoms with van der Waals surface area (Å²) in [5.41, 5.74) is 7.80. The molecule has 1 fully saturated rings. The van der Waals surface area contributed by atoms with Crippen LogP contribution in [0.2, 0.25) is 0 Å². The van der Waals surface area contributed by atoms with E-state index in [0.717, 1.165) is 11.7 Å². The number of halogens is 3. The minimum atomic E-state index is -4.44. The van der Waals surface area contributed by atoms with Gasteiger partial charge in [0.2, 0.25) is 0 Å². The van der Waals surface area contributed by atoms with E-state index in [2.05, 4.69) is 20.1 Å². The minimum absolute atomic E-state index is 0.123. The van der Waals surface area contributed by atoms with E-state index in [1.54, 1.807) is 18.3 Å². The number of hydrogen-bond donors (Lipinski definition) is 1. The first-order valence-electron chi connectivity index (χ1n) is 10.5. The third-order valence-electron chi connectivity index (χ3n) is 5.64. The molecule has 0 radical (unpaired) electrons. The number of pyridine rings is 1. The molecule has 1 saturated heterocycles. The third-order valence-corrected chi connectivity index (χ3v) is 5.64. The largest absolute Gasteiger partial charge is 0.490 e. The Balaban J connectivity index is 1.23. The van der Waals surface area contributed by atoms with Crippen LogP contribution in [0.4, 0.5) is 24.7 Å². The summed E-state index contributed by atoms with van der Waals surface area (Å²) >= 11 is 0. The van der Waals surface area contributed by atoms with E-state index in [1.807, 2.05) is 28.8 Å². The predicted molar refractivity (Wildman–Crippen MR) is 118 cm³/mol. The van der Waals surface area contributed by atoms with Crippen molar-refractivity contribution in [1.82, 2.24) is 19.6 Å². The lowest BCUT2D eigenvalue weighted by Crippen LogP contribution is -2.39. The van der Waals surface area contributed by atoms with Crippen LogP contribution in [0.25, 0.3) is 17.0 Å². The van der Waals surface area contributed by atoms with Gasteiger partial charge in [0.15, 0.2) is 5.82 Å². The number of alkyl halides is 3. The molecule has 0 aliphatic carbocycles. The van der Waals surface area contributed by atoms with Crippen LogP contribution in [0.15, 0.2) is 60.9 Å². The molecule has 170 valence electrons. The number of nitrogens with zero attached hydrogens (tertiary/aromatic N) is 5. The smallest absolute Gasteiger partial charge is 0.419 e. The molecule has 1 aliphatic rings. The van der Waals surface area contributed by atoms with Gasteiger partial charge in [0.1, 0.15) is 28.9 Å². The molecule has 7 nitrogen and oxygen atoms in total. The molecule has 0 unspecified atom stereocenters. The normalized spacial score (nSPS) is 15.2. The van der Waals surface area contributed by atoms with Crippen LogP contribution in [0.3, 0.4) is 0 Å². The maximum absolute atomic E-state index is 13.2. The first kappa shape index (κ1) is 21.0. The zero-order chi connectivity index (χ0) is 23.0. The molecule has 0 saturated carbocycles. The summed E-state index contributed by atoms with van der Waals surface area (Å²) in [5.74, 6) is 0.586. The first-order valence-corrected chi connectivity index (χ1v) is 10.5. The van der Waals surface area contributed by atoms with Crippen LogP contribution in [0.1, 0.15) is 18.4 Å². The van der Waals surface area contributed by atoms with E-state index in [1.165, 1.54) is 12.1 Å². The van der Waals surface area contributed by atoms with Gasteiger partial charge in [-0.2, -0.15) is 13.2 Å². The van der Waals surface area contributed by atoms with Gasteiger partial charge in [-0.25, -0.2) is 4.98 Å². The van der Waals surface area contributed by atoms with E-state index in [-0.39, 0.29) is 11.9 Å². The number of imidazole rings is 1. The van der Waals surface area contributed by atoms with Gasteiger partial charge >= 0.3 is 6.18 Å². The molecule has 0 atom stereocenters. The van der Waals surface area contributed by atoms with Gasteiger partial charge < -0.3 is 19.8 Å². The third kappa shape index (κ3) is 4.41. The number of hydrogen-bond acceptors (Lipinski definition) is 6. The van der Waals surface area contributed by atoms with Crippen molar-refractivity contribution in [3.8, 4) is 17.1 Å². The molecule has 4 aromatic rings. The van der Waals surface area contributed by atoms with Crippen LogP contribution in [-0.2, 0) is 6.18 Å². The highest BCUT2D eigenvalue weighted by Gasteiger charge is 2.35. The van der Waals surface area contributed by atoms with E-state index in [9.17, 15) is 13.2 Å². The molecule has 4 heterocycles. The Labute approximate surface area is 187 Å². The van der Waals surface area contributed by atoms with Crippen molar-refractivity contribution in [1.29, 1.82) is 0 Å². The lowest BCUT2D eigenvalue weighted by atomic mass is 10.1. The van der Waals surface area contributed by atoms with Gasteiger partial charge in [0.05, 0.1) is 5.56 Å². The predicted octanol–water partition coefficient (Wildman–Crippen LogP) is 4.44. The van der Waals surface area contributed by atoms with Crippen molar-refractivity contribution in [3.63, 3.8) is 0 Å². The zero-order valence-electron chi connectivity index (χ0n) is 17.5. The lowest BCUT2D eigenvalue weighted by Gasteiger charge is -2.33. The van der Waals surface area contributed by atoms with E-state index in [4.69, 9.17) is 10.5 Å². The van der Waals surface area contributed by atoms with E-state index >= 15 is 0 Å². The van der Waals surface area contributed by atoms with Gasteiger partial charge in [-0.05, 0) is 36.4 Å². The number of piperidine rings is 1. The SMILES string of the molecule is Nc1ccc2nc(-c3ccc(N4CCC(Oc5ccccc5C(F)(F)F)CC4)nn3)cn2c1. The minimum Gasteiger partial charge on any atom is -0.490 e. The summed E-state index contributed by atoms with van der Waals surface area (Å²) < 4.78 is 47.2. The topological polar surface area (TPSA) is 81.6 Å². The second-order valence-electron chi connectivity index (χ2n) is 7.93. The molecule has 0 spiro atoms. The highest BCUT2D eigenvalue weighted by molar-refractivity contribution is 5.61. The summed E-state index contributed by atoms with van der Waals surface area (Å²) in [7, 11) is 0. The van der Waals surface area contributed by atoms with Gasteiger partial charge in [0.25, 0.3) is 0 Å². The fourth-order valence-corrected chi connectivity index (χ4v) is 3.95. The van der Waals surface area contributed by atoms with Gasteiger partial charge in [-0.15, -0.1) is 10.2 Å². The molecule has 0 amide bonds. The molecule has 1 aliphatic heterocycles. The zero-order valence-corrected chi connectivity index (χ0v) is 17.5. The number of anilines is 2. The molecular weight excluding hydrogens is 433 g/mol. The van der Waals surface area contributed by atoms with Crippen molar-refractivity contribution in [2.45, 2.75) is 25.1 Å². The number of benzene rings is 1. The van der Waals surface area contributed by atoms with Crippen LogP contribution < -0.4 is 15.4 Å². The molecule has 10 heteroatoms. The monoisotopic (exact) mass is 454 g/mol. The number of aromatic nitrogens is 4. The quantitative estimate of drug-likeness (QED) is 0.491. The Morgan fingerprint density at radius 2 is 1.70 bits per heavy atom. The molecule has 33 heavy (non-hydrogen) atoms. The molecule has 1 aromatic carbocycles. The highest BCUT2D eigenvalue weighted by Crippen LogP contribution is 2.37. The summed E-state index contributed by atoms with van der Waals surface area (Å²) in [6.07, 6.45) is 0.0707. The fraction of sp³-hybridized carbons (Fsp3) is 0.261. The summed E-state index contributed by atoms with van der Waals surface area (Å²) in [6, 6.07) is 12.7. The molecule has 5 rings (SSSR count). The second-order valence-corrected chi connectivity index (χ2v) is 7.93. The van der Waals surface area contributed by atoms with Crippen LogP contribution in [0.5, 0.6) is 5.75 Å². The highest BCUT2D eigenvalue weighted by atomic mass is 19.4. The number of para-hydroxylation sites is 1. The lowest BCUT2D eigenvalue weighted by molar-refractivity contribution is -0.139. The Hall–Kier alpha value is -3.82. The van der Waals surface area contributed by atoms with Crippen molar-refractivity contribution in [3.05, 3.63) is 66.5 Å². The van der Waals surface area contributed by atoms with Crippen LogP contribution in [0, 0.1) is 0 Å². The Morgan fingerprint density at radius 1 is 0.909 bits per heavy atom. The van der Waals surface area contributed by atoms with Crippen molar-refractivity contribution in [2.75, 3.05) is 23.7 Å². The number of ether oxygens (including phenoxy) is 1. The number of nitrogens with two attached hydrogens (primary N) is 1. The summed E-state index contributed by atoms with van der Waals surface area (Å²) in [4.78, 5) is 6.59. The molecule has 3 aromatic heterocycles. The van der Waals surface area contributed by atoms with Gasteiger partial charge in [0, 0.05) is 44.0 Å². The average molecular weight is 454 g/mol. The Bertz CT molecular complexity index is 1260. The number of nitrogen functional groups attached to an aromatic ring is 1. The number of rotatable bonds is 4. The fourth-order valence-electron chi connectivity index (χ4n) is 3.95. The van der Waals surface area contributed by atoms with Gasteiger partial charge in [-0.1, -0.05) is 12.1 Å². The average Bonchev–Trinajstić information content (AvgIpc) is 3.23. The maximum Gasteiger partial charge on any atom is 0.419 e. The molecule has 0 bridgehead atoms. The van der Waals surface area contributed by atoms with E-state index in [0.29, 0.717) is 48.8 Å². The summed E-state index contributed by atoms with van der Waals surface area (Å²) in [6.45, 7) is 1.22. The van der Waals surface area contributed by atoms with Crippen LogP contribution >= 0.6 is 0 Å². The van der Waals surface area contributed by atoms with Crippen LogP contribution in [-0.4, -0.2) is 38.8 Å². The first-order chi connectivity index (χ1) is 15.9. The second kappa shape index (κ2) is 8.27. The Morgan fingerprint density at radius 3 is 2.42 bits per heavy atom. The van der Waals surface area contributed by atoms with Gasteiger partial charge in [-0.3, -0.25) is 0 Å². The van der Waals surface area contributed by atoms with Crippen molar-refractivity contribution < 1.29 is 17.9 Å². The molecule has 2 N–H and O–H groups in total. The molecular formula is C23H21F3N6O. The van der Waals surface area contributed by atoms with Crippen molar-refractivity contribution in [2.24, 2.45) is 0 Å². The standard InChI is InChI=1S/C23H21F3N6O/c24-23(25,26)17-3-1-2-4-20(17)33-16-9-11-31(12-10-16)22-8-6-18(29-30-22)19-14-32-13-15(27)5-7-21(32)28-19/h1-8,13-14,16H,9-12,27H2.